The van der Waals surface area contributed by atoms with Crippen LogP contribution in [0.25, 0.3) is 0 Å². The summed E-state index contributed by atoms with van der Waals surface area (Å²) >= 11 is 0. The molecule has 0 saturated heterocycles. The summed E-state index contributed by atoms with van der Waals surface area (Å²) in [5, 5.41) is 8.61. The molecule has 0 heterocycles. The second-order valence-corrected chi connectivity index (χ2v) is 8.08. The standard InChI is InChI=1S/C18H30O2/c19-17(20)6-4-2-1-3-5-7-18-11-14-8-15(12-18)10-16(9-14)13-18/h14-16H,1-13H2,(H,19,20). The molecule has 4 fully saturated rings. The number of hydrogen-bond acceptors (Lipinski definition) is 1. The Morgan fingerprint density at radius 2 is 1.35 bits per heavy atom. The summed E-state index contributed by atoms with van der Waals surface area (Å²) in [4.78, 5) is 10.4. The molecular formula is C18H30O2. The number of aliphatic carboxylic acids is 1. The van der Waals surface area contributed by atoms with Gasteiger partial charge in [-0.3, -0.25) is 4.79 Å². The summed E-state index contributed by atoms with van der Waals surface area (Å²) in [6, 6.07) is 0. The van der Waals surface area contributed by atoms with Gasteiger partial charge in [0.1, 0.15) is 0 Å². The van der Waals surface area contributed by atoms with Crippen LogP contribution in [0.5, 0.6) is 0 Å². The summed E-state index contributed by atoms with van der Waals surface area (Å²) in [5.41, 5.74) is 0.746. The average Bonchev–Trinajstić information content (AvgIpc) is 2.35. The first-order valence-corrected chi connectivity index (χ1v) is 8.87. The lowest BCUT2D eigenvalue weighted by atomic mass is 9.48. The van der Waals surface area contributed by atoms with E-state index in [0.717, 1.165) is 36.0 Å². The summed E-state index contributed by atoms with van der Waals surface area (Å²) < 4.78 is 0. The van der Waals surface area contributed by atoms with Gasteiger partial charge in [-0.1, -0.05) is 25.7 Å². The Hall–Kier alpha value is -0.530. The third-order valence-corrected chi connectivity index (χ3v) is 6.26. The van der Waals surface area contributed by atoms with Gasteiger partial charge in [0, 0.05) is 6.42 Å². The van der Waals surface area contributed by atoms with Crippen molar-refractivity contribution in [1.82, 2.24) is 0 Å². The summed E-state index contributed by atoms with van der Waals surface area (Å²) in [5.74, 6) is 2.60. The Balaban J connectivity index is 1.33. The molecule has 0 unspecified atom stereocenters. The normalized spacial score (nSPS) is 38.3. The number of carboxylic acids is 1. The molecule has 0 aliphatic heterocycles. The van der Waals surface area contributed by atoms with Crippen molar-refractivity contribution in [2.24, 2.45) is 23.2 Å². The van der Waals surface area contributed by atoms with Crippen molar-refractivity contribution in [3.63, 3.8) is 0 Å². The van der Waals surface area contributed by atoms with Gasteiger partial charge in [-0.15, -0.1) is 0 Å². The Labute approximate surface area is 123 Å². The highest BCUT2D eigenvalue weighted by atomic mass is 16.4. The number of rotatable bonds is 8. The molecule has 20 heavy (non-hydrogen) atoms. The van der Waals surface area contributed by atoms with Crippen molar-refractivity contribution in [1.29, 1.82) is 0 Å². The summed E-state index contributed by atoms with van der Waals surface area (Å²) in [7, 11) is 0. The van der Waals surface area contributed by atoms with Crippen molar-refractivity contribution in [3.8, 4) is 0 Å². The Kier molecular flexibility index (Phi) is 4.37. The number of unbranched alkanes of at least 4 members (excludes halogenated alkanes) is 4. The molecule has 0 spiro atoms. The topological polar surface area (TPSA) is 37.3 Å². The highest BCUT2D eigenvalue weighted by Crippen LogP contribution is 2.61. The first kappa shape index (κ1) is 14.4. The molecule has 114 valence electrons. The van der Waals surface area contributed by atoms with Crippen LogP contribution >= 0.6 is 0 Å². The molecule has 4 aliphatic carbocycles. The molecule has 1 N–H and O–H groups in total. The maximum atomic E-state index is 10.4. The monoisotopic (exact) mass is 278 g/mol. The van der Waals surface area contributed by atoms with Crippen LogP contribution in [0.2, 0.25) is 0 Å². The van der Waals surface area contributed by atoms with Crippen molar-refractivity contribution in [2.45, 2.75) is 83.5 Å². The van der Waals surface area contributed by atoms with Gasteiger partial charge < -0.3 is 5.11 Å². The van der Waals surface area contributed by atoms with Crippen molar-refractivity contribution >= 4 is 5.97 Å². The summed E-state index contributed by atoms with van der Waals surface area (Å²) in [6.45, 7) is 0. The number of carbonyl (C=O) groups is 1. The lowest BCUT2D eigenvalue weighted by molar-refractivity contribution is -0.137. The minimum atomic E-state index is -0.640. The van der Waals surface area contributed by atoms with E-state index in [4.69, 9.17) is 5.11 Å². The van der Waals surface area contributed by atoms with Gasteiger partial charge in [0.25, 0.3) is 0 Å². The fourth-order valence-electron chi connectivity index (χ4n) is 5.90. The second kappa shape index (κ2) is 6.07. The lowest BCUT2D eigenvalue weighted by Crippen LogP contribution is -2.45. The summed E-state index contributed by atoms with van der Waals surface area (Å²) in [6.07, 6.45) is 17.0. The molecule has 2 heteroatoms. The zero-order valence-electron chi connectivity index (χ0n) is 12.8. The maximum Gasteiger partial charge on any atom is 0.303 e. The SMILES string of the molecule is O=C(O)CCCCCCCC12CC3CC(CC(C3)C1)C2. The average molecular weight is 278 g/mol. The second-order valence-electron chi connectivity index (χ2n) is 8.08. The molecule has 0 atom stereocenters. The van der Waals surface area contributed by atoms with E-state index in [1.807, 2.05) is 0 Å². The van der Waals surface area contributed by atoms with Gasteiger partial charge in [-0.2, -0.15) is 0 Å². The largest absolute Gasteiger partial charge is 0.481 e. The van der Waals surface area contributed by atoms with Gasteiger partial charge >= 0.3 is 5.97 Å². The fourth-order valence-corrected chi connectivity index (χ4v) is 5.90. The first-order chi connectivity index (χ1) is 9.65. The van der Waals surface area contributed by atoms with Crippen LogP contribution in [0.1, 0.15) is 83.5 Å². The third-order valence-electron chi connectivity index (χ3n) is 6.26. The van der Waals surface area contributed by atoms with E-state index in [-0.39, 0.29) is 0 Å². The number of carboxylic acid groups (broad SMARTS) is 1. The lowest BCUT2D eigenvalue weighted by Gasteiger charge is -2.57. The van der Waals surface area contributed by atoms with Crippen molar-refractivity contribution in [2.75, 3.05) is 0 Å². The Morgan fingerprint density at radius 3 is 1.90 bits per heavy atom. The molecular weight excluding hydrogens is 248 g/mol. The van der Waals surface area contributed by atoms with Crippen molar-refractivity contribution < 1.29 is 9.90 Å². The van der Waals surface area contributed by atoms with E-state index in [9.17, 15) is 4.79 Å². The molecule has 0 amide bonds. The zero-order chi connectivity index (χ0) is 14.0. The smallest absolute Gasteiger partial charge is 0.303 e. The molecule has 4 bridgehead atoms. The fraction of sp³-hybridized carbons (Fsp3) is 0.944. The van der Waals surface area contributed by atoms with E-state index in [2.05, 4.69) is 0 Å². The molecule has 2 nitrogen and oxygen atoms in total. The predicted octanol–water partition coefficient (Wildman–Crippen LogP) is 5.02. The molecule has 0 aromatic heterocycles. The quantitative estimate of drug-likeness (QED) is 0.633. The van der Waals surface area contributed by atoms with Gasteiger partial charge in [-0.25, -0.2) is 0 Å². The van der Waals surface area contributed by atoms with E-state index in [1.54, 1.807) is 38.5 Å². The number of hydrogen-bond donors (Lipinski definition) is 1. The van der Waals surface area contributed by atoms with Crippen LogP contribution < -0.4 is 0 Å². The van der Waals surface area contributed by atoms with Crippen LogP contribution in [0.4, 0.5) is 0 Å². The van der Waals surface area contributed by atoms with Crippen LogP contribution in [0, 0.1) is 23.2 Å². The molecule has 4 saturated carbocycles. The zero-order valence-corrected chi connectivity index (χ0v) is 12.8. The highest BCUT2D eigenvalue weighted by Gasteiger charge is 2.50. The van der Waals surface area contributed by atoms with E-state index >= 15 is 0 Å². The first-order valence-electron chi connectivity index (χ1n) is 8.87. The Morgan fingerprint density at radius 1 is 0.850 bits per heavy atom. The van der Waals surface area contributed by atoms with Crippen LogP contribution in [-0.4, -0.2) is 11.1 Å². The van der Waals surface area contributed by atoms with E-state index in [0.29, 0.717) is 6.42 Å². The van der Waals surface area contributed by atoms with Crippen LogP contribution in [0.3, 0.4) is 0 Å². The third kappa shape index (κ3) is 3.38. The Bertz CT molecular complexity index is 312. The molecule has 0 aromatic carbocycles. The molecule has 0 aromatic rings. The molecule has 0 radical (unpaired) electrons. The molecule has 4 aliphatic rings. The van der Waals surface area contributed by atoms with Crippen LogP contribution in [-0.2, 0) is 4.79 Å². The highest BCUT2D eigenvalue weighted by molar-refractivity contribution is 5.66. The van der Waals surface area contributed by atoms with E-state index in [1.165, 1.54) is 25.7 Å². The van der Waals surface area contributed by atoms with Gasteiger partial charge in [0.05, 0.1) is 0 Å². The van der Waals surface area contributed by atoms with Gasteiger partial charge in [-0.05, 0) is 74.5 Å². The maximum absolute atomic E-state index is 10.4. The van der Waals surface area contributed by atoms with E-state index < -0.39 is 5.97 Å². The predicted molar refractivity (Wildman–Crippen MR) is 80.6 cm³/mol. The van der Waals surface area contributed by atoms with Gasteiger partial charge in [0.2, 0.25) is 0 Å². The molecule has 4 rings (SSSR count). The van der Waals surface area contributed by atoms with Gasteiger partial charge in [0.15, 0.2) is 0 Å². The van der Waals surface area contributed by atoms with Crippen LogP contribution in [0.15, 0.2) is 0 Å². The minimum absolute atomic E-state index is 0.356. The minimum Gasteiger partial charge on any atom is -0.481 e. The van der Waals surface area contributed by atoms with Crippen molar-refractivity contribution in [3.05, 3.63) is 0 Å².